The van der Waals surface area contributed by atoms with Crippen molar-refractivity contribution in [3.05, 3.63) is 58.9 Å². The highest BCUT2D eigenvalue weighted by Gasteiger charge is 2.15. The van der Waals surface area contributed by atoms with Crippen molar-refractivity contribution in [2.45, 2.75) is 6.04 Å². The Hall–Kier alpha value is -1.53. The minimum absolute atomic E-state index is 0. The van der Waals surface area contributed by atoms with Crippen LogP contribution in [0, 0.1) is 0 Å². The molecule has 20 heavy (non-hydrogen) atoms. The molecule has 0 fully saturated rings. The van der Waals surface area contributed by atoms with Gasteiger partial charge in [0, 0.05) is 11.2 Å². The maximum absolute atomic E-state index is 11.8. The number of hydrogen-bond donors (Lipinski definition) is 3. The molecule has 0 bridgehead atoms. The maximum atomic E-state index is 11.8. The van der Waals surface area contributed by atoms with Gasteiger partial charge in [0.1, 0.15) is 5.69 Å². The van der Waals surface area contributed by atoms with Crippen LogP contribution in [0.1, 0.15) is 22.1 Å². The van der Waals surface area contributed by atoms with E-state index in [1.807, 2.05) is 6.07 Å². The van der Waals surface area contributed by atoms with E-state index < -0.39 is 6.04 Å². The topological polar surface area (TPSA) is 96.6 Å². The number of aromatic amines is 1. The summed E-state index contributed by atoms with van der Waals surface area (Å²) >= 11 is 5.88. The Kier molecular flexibility index (Phi) is 7.94. The van der Waals surface area contributed by atoms with Gasteiger partial charge in [0.2, 0.25) is 0 Å². The fourth-order valence-corrected chi connectivity index (χ4v) is 1.86. The molecule has 1 atom stereocenters. The Morgan fingerprint density at radius 3 is 2.65 bits per heavy atom. The lowest BCUT2D eigenvalue weighted by atomic mass is 10.1. The van der Waals surface area contributed by atoms with Crippen molar-refractivity contribution in [1.29, 1.82) is 0 Å². The smallest absolute Gasteiger partial charge is 0.268 e. The molecular weight excluding hydrogens is 303 g/mol. The van der Waals surface area contributed by atoms with Crippen LogP contribution in [-0.2, 0) is 0 Å². The van der Waals surface area contributed by atoms with E-state index in [9.17, 15) is 9.90 Å². The van der Waals surface area contributed by atoms with E-state index in [0.717, 1.165) is 5.56 Å². The minimum Gasteiger partial charge on any atom is -0.412 e. The SMILES string of the molecule is Cl.O.O=C(NC(CO)c1cccc(Cl)c1)c1ccc[nH]1. The molecule has 0 radical (unpaired) electrons. The molecule has 5 N–H and O–H groups in total. The number of carbonyl (C=O) groups excluding carboxylic acids is 1. The van der Waals surface area contributed by atoms with E-state index in [2.05, 4.69) is 10.3 Å². The number of benzene rings is 1. The van der Waals surface area contributed by atoms with E-state index >= 15 is 0 Å². The highest BCUT2D eigenvalue weighted by Crippen LogP contribution is 2.17. The summed E-state index contributed by atoms with van der Waals surface area (Å²) in [5.74, 6) is -0.265. The number of halogens is 2. The highest BCUT2D eigenvalue weighted by atomic mass is 35.5. The summed E-state index contributed by atoms with van der Waals surface area (Å²) in [5, 5.41) is 12.7. The summed E-state index contributed by atoms with van der Waals surface area (Å²) in [7, 11) is 0. The Morgan fingerprint density at radius 2 is 2.10 bits per heavy atom. The molecular formula is C13H16Cl2N2O3. The fourth-order valence-electron chi connectivity index (χ4n) is 1.67. The van der Waals surface area contributed by atoms with Crippen LogP contribution in [0.3, 0.4) is 0 Å². The molecule has 1 aromatic heterocycles. The van der Waals surface area contributed by atoms with Crippen molar-refractivity contribution in [2.24, 2.45) is 0 Å². The van der Waals surface area contributed by atoms with Crippen LogP contribution in [0.15, 0.2) is 42.6 Å². The summed E-state index contributed by atoms with van der Waals surface area (Å²) in [6, 6.07) is 9.98. The fraction of sp³-hybridized carbons (Fsp3) is 0.154. The Balaban J connectivity index is 0.00000180. The average Bonchev–Trinajstić information content (AvgIpc) is 2.89. The summed E-state index contributed by atoms with van der Waals surface area (Å²) in [6.07, 6.45) is 1.67. The molecule has 0 spiro atoms. The molecule has 2 rings (SSSR count). The van der Waals surface area contributed by atoms with Crippen LogP contribution >= 0.6 is 24.0 Å². The van der Waals surface area contributed by atoms with Crippen LogP contribution in [0.25, 0.3) is 0 Å². The average molecular weight is 319 g/mol. The van der Waals surface area contributed by atoms with Gasteiger partial charge in [-0.25, -0.2) is 0 Å². The number of aliphatic hydroxyl groups excluding tert-OH is 1. The number of rotatable bonds is 4. The van der Waals surface area contributed by atoms with Gasteiger partial charge < -0.3 is 20.9 Å². The Morgan fingerprint density at radius 1 is 1.35 bits per heavy atom. The van der Waals surface area contributed by atoms with Crippen molar-refractivity contribution in [3.8, 4) is 0 Å². The molecule has 1 amide bonds. The van der Waals surface area contributed by atoms with E-state index in [0.29, 0.717) is 10.7 Å². The minimum atomic E-state index is -0.473. The third kappa shape index (κ3) is 4.54. The number of aliphatic hydroxyl groups is 1. The molecule has 1 heterocycles. The Labute approximate surface area is 127 Å². The van der Waals surface area contributed by atoms with Crippen LogP contribution in [0.5, 0.6) is 0 Å². The molecule has 0 saturated carbocycles. The predicted molar refractivity (Wildman–Crippen MR) is 80.4 cm³/mol. The second kappa shape index (κ2) is 8.60. The number of aromatic nitrogens is 1. The first-order valence-electron chi connectivity index (χ1n) is 5.51. The van der Waals surface area contributed by atoms with Crippen LogP contribution in [0.4, 0.5) is 0 Å². The zero-order valence-electron chi connectivity index (χ0n) is 10.5. The molecule has 1 aromatic carbocycles. The molecule has 0 aliphatic carbocycles. The van der Waals surface area contributed by atoms with Gasteiger partial charge in [-0.1, -0.05) is 23.7 Å². The predicted octanol–water partition coefficient (Wildman–Crippen LogP) is 1.73. The van der Waals surface area contributed by atoms with Crippen molar-refractivity contribution in [3.63, 3.8) is 0 Å². The zero-order chi connectivity index (χ0) is 13.0. The number of carbonyl (C=O) groups is 1. The van der Waals surface area contributed by atoms with Crippen LogP contribution in [0.2, 0.25) is 5.02 Å². The molecule has 0 aliphatic rings. The van der Waals surface area contributed by atoms with Gasteiger partial charge in [-0.3, -0.25) is 4.79 Å². The lowest BCUT2D eigenvalue weighted by Crippen LogP contribution is -2.30. The van der Waals surface area contributed by atoms with Gasteiger partial charge in [0.25, 0.3) is 5.91 Å². The molecule has 7 heteroatoms. The third-order valence-electron chi connectivity index (χ3n) is 2.58. The first-order chi connectivity index (χ1) is 8.70. The van der Waals surface area contributed by atoms with Crippen LogP contribution in [-0.4, -0.2) is 28.1 Å². The van der Waals surface area contributed by atoms with Crippen molar-refractivity contribution in [2.75, 3.05) is 6.61 Å². The molecule has 110 valence electrons. The van der Waals surface area contributed by atoms with E-state index in [1.165, 1.54) is 0 Å². The van der Waals surface area contributed by atoms with Gasteiger partial charge >= 0.3 is 0 Å². The van der Waals surface area contributed by atoms with Crippen LogP contribution < -0.4 is 5.32 Å². The van der Waals surface area contributed by atoms with Gasteiger partial charge in [-0.2, -0.15) is 0 Å². The second-order valence-corrected chi connectivity index (χ2v) is 4.28. The Bertz CT molecular complexity index is 532. The first kappa shape index (κ1) is 18.5. The molecule has 1 unspecified atom stereocenters. The molecule has 0 aliphatic heterocycles. The first-order valence-corrected chi connectivity index (χ1v) is 5.89. The number of nitrogens with one attached hydrogen (secondary N) is 2. The van der Waals surface area contributed by atoms with Gasteiger partial charge in [-0.05, 0) is 29.8 Å². The summed E-state index contributed by atoms with van der Waals surface area (Å²) < 4.78 is 0. The molecule has 0 saturated heterocycles. The maximum Gasteiger partial charge on any atom is 0.268 e. The second-order valence-electron chi connectivity index (χ2n) is 3.85. The van der Waals surface area contributed by atoms with E-state index in [4.69, 9.17) is 11.6 Å². The summed E-state index contributed by atoms with van der Waals surface area (Å²) in [6.45, 7) is -0.188. The largest absolute Gasteiger partial charge is 0.412 e. The standard InChI is InChI=1S/C13H13ClN2O2.ClH.H2O/c14-10-4-1-3-9(7-10)12(8-17)16-13(18)11-5-2-6-15-11;;/h1-7,12,15,17H,8H2,(H,16,18);1H;1H2. The number of amides is 1. The van der Waals surface area contributed by atoms with Gasteiger partial charge in [0.15, 0.2) is 0 Å². The third-order valence-corrected chi connectivity index (χ3v) is 2.82. The summed E-state index contributed by atoms with van der Waals surface area (Å²) in [5.41, 5.74) is 1.22. The normalized spacial score (nSPS) is 10.9. The van der Waals surface area contributed by atoms with E-state index in [1.54, 1.807) is 36.5 Å². The highest BCUT2D eigenvalue weighted by molar-refractivity contribution is 6.30. The van der Waals surface area contributed by atoms with Gasteiger partial charge in [-0.15, -0.1) is 12.4 Å². The lowest BCUT2D eigenvalue weighted by molar-refractivity contribution is 0.0912. The summed E-state index contributed by atoms with van der Waals surface area (Å²) in [4.78, 5) is 14.7. The molecule has 2 aromatic rings. The number of hydrogen-bond acceptors (Lipinski definition) is 2. The van der Waals surface area contributed by atoms with E-state index in [-0.39, 0.29) is 30.4 Å². The molecule has 5 nitrogen and oxygen atoms in total. The van der Waals surface area contributed by atoms with Crippen molar-refractivity contribution >= 4 is 29.9 Å². The van der Waals surface area contributed by atoms with Crippen molar-refractivity contribution in [1.82, 2.24) is 10.3 Å². The zero-order valence-corrected chi connectivity index (χ0v) is 12.0. The quantitative estimate of drug-likeness (QED) is 0.800. The number of H-pyrrole nitrogens is 1. The van der Waals surface area contributed by atoms with Crippen molar-refractivity contribution < 1.29 is 15.4 Å². The lowest BCUT2D eigenvalue weighted by Gasteiger charge is -2.16. The monoisotopic (exact) mass is 318 g/mol. The van der Waals surface area contributed by atoms with Gasteiger partial charge in [0.05, 0.1) is 12.6 Å².